The number of nitrogens with one attached hydrogen (secondary N) is 3. The number of aromatic nitrogens is 4. The van der Waals surface area contributed by atoms with Gasteiger partial charge in [0, 0.05) is 81.4 Å². The highest BCUT2D eigenvalue weighted by Crippen LogP contribution is 2.40. The first-order chi connectivity index (χ1) is 38.9. The molecule has 4 aromatic carbocycles. The number of likely N-dealkylation sites (N-methyl/N-ethyl adjacent to an activating group) is 1. The van der Waals surface area contributed by atoms with Crippen LogP contribution in [0.15, 0.2) is 114 Å². The van der Waals surface area contributed by atoms with Crippen molar-refractivity contribution in [2.24, 2.45) is 5.73 Å². The molecule has 20 heteroatoms. The molecule has 7 aromatic rings. The SMILES string of the molecule is CC(C)Oc1ccc(C(=O)NC(CNC(=O)CN(C)C)Cc2ccc(-c3cn4cccc(Br)c4n3)cc2)cc1C#N.CCn1cc(-c2ccc(CC(CC(=O)N(C)C)c3c(C(N)=O)ccc(OC(C)C)c3Cl)cc2)nc1C(C)NC(C)=O. The Morgan fingerprint density at radius 3 is 1.98 bits per heavy atom. The van der Waals surface area contributed by atoms with Gasteiger partial charge >= 0.3 is 0 Å². The van der Waals surface area contributed by atoms with E-state index in [0.717, 1.165) is 49.6 Å². The largest absolute Gasteiger partial charge is 0.490 e. The van der Waals surface area contributed by atoms with Gasteiger partial charge in [0.25, 0.3) is 5.91 Å². The minimum atomic E-state index is -0.619. The molecule has 3 unspecified atom stereocenters. The Hall–Kier alpha value is -8.05. The molecule has 0 aliphatic heterocycles. The Balaban J connectivity index is 0.000000264. The third kappa shape index (κ3) is 17.2. The van der Waals surface area contributed by atoms with Crippen LogP contribution >= 0.6 is 27.5 Å². The van der Waals surface area contributed by atoms with Crippen molar-refractivity contribution in [3.05, 3.63) is 158 Å². The minimum Gasteiger partial charge on any atom is -0.490 e. The molecule has 0 radical (unpaired) electrons. The second-order valence-corrected chi connectivity index (χ2v) is 22.2. The highest BCUT2D eigenvalue weighted by atomic mass is 79.9. The van der Waals surface area contributed by atoms with Crippen molar-refractivity contribution in [1.82, 2.24) is 44.7 Å². The third-order valence-corrected chi connectivity index (χ3v) is 14.0. The van der Waals surface area contributed by atoms with Crippen LogP contribution in [0.1, 0.15) is 116 Å². The molecule has 0 aliphatic carbocycles. The van der Waals surface area contributed by atoms with Gasteiger partial charge in [0.15, 0.2) is 5.65 Å². The maximum atomic E-state index is 13.2. The number of carbonyl (C=O) groups excluding carboxylic acids is 5. The second-order valence-electron chi connectivity index (χ2n) is 21.0. The van der Waals surface area contributed by atoms with E-state index in [9.17, 15) is 29.2 Å². The summed E-state index contributed by atoms with van der Waals surface area (Å²) in [4.78, 5) is 75.3. The summed E-state index contributed by atoms with van der Waals surface area (Å²) in [6.45, 7) is 14.2. The predicted molar refractivity (Wildman–Crippen MR) is 323 cm³/mol. The first-order valence-corrected chi connectivity index (χ1v) is 28.2. The fourth-order valence-corrected chi connectivity index (χ4v) is 10.00. The zero-order valence-corrected chi connectivity index (χ0v) is 50.7. The molecule has 18 nitrogen and oxygen atoms in total. The normalized spacial score (nSPS) is 12.2. The molecular formula is C62H73BrClN11O7. The summed E-state index contributed by atoms with van der Waals surface area (Å²) in [6, 6.07) is 29.4. The summed E-state index contributed by atoms with van der Waals surface area (Å²) in [5.41, 5.74) is 13.5. The Bertz CT molecular complexity index is 3420. The number of hydrogen-bond acceptors (Lipinski definition) is 11. The van der Waals surface area contributed by atoms with E-state index >= 15 is 0 Å². The summed E-state index contributed by atoms with van der Waals surface area (Å²) < 4.78 is 16.5. The Morgan fingerprint density at radius 2 is 1.41 bits per heavy atom. The summed E-state index contributed by atoms with van der Waals surface area (Å²) in [7, 11) is 7.03. The molecule has 3 heterocycles. The van der Waals surface area contributed by atoms with E-state index in [1.54, 1.807) is 43.3 Å². The molecule has 7 rings (SSSR count). The molecule has 0 saturated heterocycles. The number of amides is 5. The number of nitrogens with two attached hydrogens (primary N) is 1. The van der Waals surface area contributed by atoms with Gasteiger partial charge in [0.1, 0.15) is 23.4 Å². The topological polar surface area (TPSA) is 231 Å². The number of carbonyl (C=O) groups is 5. The maximum absolute atomic E-state index is 13.2. The van der Waals surface area contributed by atoms with Crippen LogP contribution in [0.2, 0.25) is 5.02 Å². The number of benzene rings is 4. The van der Waals surface area contributed by atoms with Crippen molar-refractivity contribution in [3.63, 3.8) is 0 Å². The number of nitrogens with zero attached hydrogens (tertiary/aromatic N) is 7. The third-order valence-electron chi connectivity index (χ3n) is 13.0. The van der Waals surface area contributed by atoms with E-state index in [1.165, 1.54) is 17.9 Å². The van der Waals surface area contributed by atoms with Gasteiger partial charge in [0.05, 0.1) is 57.3 Å². The number of rotatable bonds is 23. The molecule has 0 aliphatic rings. The van der Waals surface area contributed by atoms with Gasteiger partial charge in [-0.1, -0.05) is 60.1 Å². The quantitative estimate of drug-likeness (QED) is 0.0471. The number of hydrogen-bond donors (Lipinski definition) is 4. The molecule has 0 fully saturated rings. The first-order valence-electron chi connectivity index (χ1n) is 27.0. The van der Waals surface area contributed by atoms with Crippen molar-refractivity contribution in [1.29, 1.82) is 5.26 Å². The van der Waals surface area contributed by atoms with Crippen LogP contribution in [0.3, 0.4) is 0 Å². The van der Waals surface area contributed by atoms with Gasteiger partial charge in [-0.15, -0.1) is 0 Å². The second kappa shape index (κ2) is 29.1. The van der Waals surface area contributed by atoms with Crippen molar-refractivity contribution >= 4 is 62.7 Å². The van der Waals surface area contributed by atoms with Gasteiger partial charge < -0.3 is 49.9 Å². The van der Waals surface area contributed by atoms with E-state index < -0.39 is 11.8 Å². The number of aryl methyl sites for hydroxylation is 1. The summed E-state index contributed by atoms with van der Waals surface area (Å²) >= 11 is 10.4. The van der Waals surface area contributed by atoms with Crippen LogP contribution in [0.4, 0.5) is 0 Å². The van der Waals surface area contributed by atoms with Gasteiger partial charge in [-0.25, -0.2) is 9.97 Å². The lowest BCUT2D eigenvalue weighted by Crippen LogP contribution is -2.46. The van der Waals surface area contributed by atoms with Crippen LogP contribution in [0, 0.1) is 11.3 Å². The first kappa shape index (κ1) is 63.1. The molecule has 0 bridgehead atoms. The standard InChI is InChI=1S/C31H33BrN6O3.C31H40ClN5O4/c1-20(2)41-28-12-11-23(15-24(28)16-33)31(40)35-25(17-34-29(39)19-37(3)4)14-21-7-9-22(10-8-21)27-18-38-13-5-6-26(32)30(38)36-27;1-8-37-17-25(35-31(37)19(4)34-20(5)38)22-11-9-21(10-12-22)15-23(16-27(39)36(6)7)28-24(30(33)40)13-14-26(29(28)32)41-18(2)3/h5-13,15,18,20,25H,14,17,19H2,1-4H3,(H,34,39)(H,35,40);9-14,17-19,23H,8,15-16H2,1-7H3,(H2,33,40)(H,34,38). The number of halogens is 2. The zero-order valence-electron chi connectivity index (χ0n) is 48.3. The van der Waals surface area contributed by atoms with Crippen LogP contribution < -0.4 is 31.2 Å². The van der Waals surface area contributed by atoms with Gasteiger partial charge in [-0.05, 0) is 149 Å². The molecule has 5 amide bonds. The van der Waals surface area contributed by atoms with E-state index in [4.69, 9.17) is 36.8 Å². The number of ether oxygens (including phenoxy) is 2. The lowest BCUT2D eigenvalue weighted by molar-refractivity contribution is -0.129. The zero-order chi connectivity index (χ0) is 59.9. The summed E-state index contributed by atoms with van der Waals surface area (Å²) in [6.07, 6.45) is 6.73. The minimum absolute atomic E-state index is 0.0980. The number of fused-ring (bicyclic) bond motifs is 1. The lowest BCUT2D eigenvalue weighted by Gasteiger charge is -2.24. The van der Waals surface area contributed by atoms with Crippen LogP contribution in [0.25, 0.3) is 28.2 Å². The lowest BCUT2D eigenvalue weighted by atomic mass is 9.85. The molecule has 0 saturated carbocycles. The monoisotopic (exact) mass is 1200 g/mol. The van der Waals surface area contributed by atoms with Gasteiger partial charge in [-0.2, -0.15) is 5.26 Å². The molecule has 3 aromatic heterocycles. The highest BCUT2D eigenvalue weighted by Gasteiger charge is 2.28. The van der Waals surface area contributed by atoms with Gasteiger partial charge in [-0.3, -0.25) is 24.0 Å². The molecule has 3 atom stereocenters. The van der Waals surface area contributed by atoms with Crippen molar-refractivity contribution in [2.45, 2.75) is 104 Å². The van der Waals surface area contributed by atoms with Crippen molar-refractivity contribution < 1.29 is 33.4 Å². The highest BCUT2D eigenvalue weighted by molar-refractivity contribution is 9.10. The average Bonchev–Trinajstić information content (AvgIpc) is 3.96. The molecule has 432 valence electrons. The van der Waals surface area contributed by atoms with Gasteiger partial charge in [0.2, 0.25) is 23.6 Å². The molecule has 5 N–H and O–H groups in total. The molecule has 0 spiro atoms. The molecule has 82 heavy (non-hydrogen) atoms. The van der Waals surface area contributed by atoms with Crippen LogP contribution in [0.5, 0.6) is 11.5 Å². The molecular weight excluding hydrogens is 1130 g/mol. The fourth-order valence-electron chi connectivity index (χ4n) is 9.19. The van der Waals surface area contributed by atoms with E-state index in [0.29, 0.717) is 42.0 Å². The predicted octanol–water partition coefficient (Wildman–Crippen LogP) is 9.55. The number of primary amides is 1. The smallest absolute Gasteiger partial charge is 0.251 e. The summed E-state index contributed by atoms with van der Waals surface area (Å²) in [5.74, 6) is -0.0735. The van der Waals surface area contributed by atoms with E-state index in [-0.39, 0.29) is 83.6 Å². The Kier molecular flexibility index (Phi) is 22.4. The summed E-state index contributed by atoms with van der Waals surface area (Å²) in [5, 5.41) is 18.7. The Labute approximate surface area is 493 Å². The van der Waals surface area contributed by atoms with E-state index in [2.05, 4.69) is 37.9 Å². The number of nitriles is 1. The van der Waals surface area contributed by atoms with Crippen molar-refractivity contribution in [3.8, 4) is 40.1 Å². The van der Waals surface area contributed by atoms with Crippen molar-refractivity contribution in [2.75, 3.05) is 41.3 Å². The fraction of sp³-hybridized carbons (Fsp3) is 0.355. The van der Waals surface area contributed by atoms with E-state index in [1.807, 2.05) is 144 Å². The maximum Gasteiger partial charge on any atom is 0.251 e. The number of imidazole rings is 2. The van der Waals surface area contributed by atoms with Crippen LogP contribution in [-0.2, 0) is 33.8 Å². The average molecular weight is 1200 g/mol. The van der Waals surface area contributed by atoms with Crippen LogP contribution in [-0.4, -0.2) is 118 Å². The number of pyridine rings is 1. The Morgan fingerprint density at radius 1 is 0.805 bits per heavy atom.